The van der Waals surface area contributed by atoms with E-state index >= 15 is 0 Å². The van der Waals surface area contributed by atoms with E-state index in [1.54, 1.807) is 12.3 Å². The minimum absolute atomic E-state index is 0.649. The molecule has 0 N–H and O–H groups in total. The van der Waals surface area contributed by atoms with E-state index < -0.39 is 0 Å². The van der Waals surface area contributed by atoms with Gasteiger partial charge < -0.3 is 9.47 Å². The summed E-state index contributed by atoms with van der Waals surface area (Å²) >= 11 is 0. The van der Waals surface area contributed by atoms with Crippen molar-refractivity contribution in [1.82, 2.24) is 0 Å². The molecule has 0 saturated heterocycles. The van der Waals surface area contributed by atoms with Gasteiger partial charge in [0.15, 0.2) is 0 Å². The normalized spacial score (nSPS) is 10.4. The fraction of sp³-hybridized carbons (Fsp3) is 0.600. The first kappa shape index (κ1) is 11.2. The fourth-order valence-corrected chi connectivity index (χ4v) is 0.720. The second-order valence-corrected chi connectivity index (χ2v) is 2.41. The quantitative estimate of drug-likeness (QED) is 0.316. The number of hydrogen-bond acceptors (Lipinski definition) is 2. The summed E-state index contributed by atoms with van der Waals surface area (Å²) in [5.74, 6) is 0. The van der Waals surface area contributed by atoms with E-state index in [9.17, 15) is 0 Å². The van der Waals surface area contributed by atoms with E-state index in [0.717, 1.165) is 26.1 Å². The molecule has 0 aromatic carbocycles. The third-order valence-electron chi connectivity index (χ3n) is 1.27. The molecular formula is C10H18O2. The standard InChI is InChI=1S/C10H18O2/c1-3-7-11-9-5-6-10-12-8-4-2/h3-4,8H,1,5-7,9-10H2,2H3. The van der Waals surface area contributed by atoms with Crippen LogP contribution in [0.15, 0.2) is 25.0 Å². The third kappa shape index (κ3) is 9.24. The molecule has 0 aromatic heterocycles. The van der Waals surface area contributed by atoms with Gasteiger partial charge in [-0.2, -0.15) is 0 Å². The number of ether oxygens (including phenoxy) is 2. The van der Waals surface area contributed by atoms with Crippen molar-refractivity contribution in [3.05, 3.63) is 25.0 Å². The lowest BCUT2D eigenvalue weighted by Gasteiger charge is -2.01. The molecule has 2 heteroatoms. The molecule has 0 bridgehead atoms. The average molecular weight is 170 g/mol. The van der Waals surface area contributed by atoms with Crippen LogP contribution in [0.5, 0.6) is 0 Å². The maximum Gasteiger partial charge on any atom is 0.0874 e. The zero-order valence-corrected chi connectivity index (χ0v) is 7.79. The highest BCUT2D eigenvalue weighted by atomic mass is 16.5. The highest BCUT2D eigenvalue weighted by Gasteiger charge is 1.87. The minimum Gasteiger partial charge on any atom is -0.502 e. The maximum atomic E-state index is 5.20. The Morgan fingerprint density at radius 2 is 2.00 bits per heavy atom. The number of hydrogen-bond donors (Lipinski definition) is 0. The number of allylic oxidation sites excluding steroid dienone is 1. The average Bonchev–Trinajstić information content (AvgIpc) is 2.10. The smallest absolute Gasteiger partial charge is 0.0874 e. The van der Waals surface area contributed by atoms with Crippen LogP contribution in [0, 0.1) is 0 Å². The largest absolute Gasteiger partial charge is 0.502 e. The molecule has 0 heterocycles. The summed E-state index contributed by atoms with van der Waals surface area (Å²) in [5, 5.41) is 0. The second-order valence-electron chi connectivity index (χ2n) is 2.41. The number of rotatable bonds is 8. The van der Waals surface area contributed by atoms with Crippen LogP contribution in [0.2, 0.25) is 0 Å². The lowest BCUT2D eigenvalue weighted by Crippen LogP contribution is -1.96. The van der Waals surface area contributed by atoms with E-state index in [-0.39, 0.29) is 0 Å². The van der Waals surface area contributed by atoms with Gasteiger partial charge in [-0.05, 0) is 19.8 Å². The zero-order chi connectivity index (χ0) is 9.07. The second kappa shape index (κ2) is 10.2. The molecule has 0 aromatic rings. The summed E-state index contributed by atoms with van der Waals surface area (Å²) in [6.07, 6.45) is 7.45. The Morgan fingerprint density at radius 1 is 1.25 bits per heavy atom. The van der Waals surface area contributed by atoms with Gasteiger partial charge in [-0.25, -0.2) is 0 Å². The Hall–Kier alpha value is -0.760. The van der Waals surface area contributed by atoms with Crippen LogP contribution in [0.1, 0.15) is 19.8 Å². The Balaban J connectivity index is 2.86. The molecule has 0 aliphatic rings. The van der Waals surface area contributed by atoms with Crippen molar-refractivity contribution in [2.24, 2.45) is 0 Å². The van der Waals surface area contributed by atoms with Crippen molar-refractivity contribution in [1.29, 1.82) is 0 Å². The van der Waals surface area contributed by atoms with Crippen LogP contribution in [0.3, 0.4) is 0 Å². The summed E-state index contributed by atoms with van der Waals surface area (Å²) in [4.78, 5) is 0. The van der Waals surface area contributed by atoms with Gasteiger partial charge >= 0.3 is 0 Å². The zero-order valence-electron chi connectivity index (χ0n) is 7.79. The molecule has 0 saturated carbocycles. The molecule has 0 aliphatic carbocycles. The molecule has 70 valence electrons. The SMILES string of the molecule is C=CCOCCCCOC=CC. The first-order chi connectivity index (χ1) is 5.91. The monoisotopic (exact) mass is 170 g/mol. The van der Waals surface area contributed by atoms with Crippen molar-refractivity contribution in [3.8, 4) is 0 Å². The highest BCUT2D eigenvalue weighted by Crippen LogP contribution is 1.91. The molecule has 0 amide bonds. The summed E-state index contributed by atoms with van der Waals surface area (Å²) in [5.41, 5.74) is 0. The molecule has 2 nitrogen and oxygen atoms in total. The van der Waals surface area contributed by atoms with Gasteiger partial charge in [0.1, 0.15) is 0 Å². The first-order valence-corrected chi connectivity index (χ1v) is 4.33. The Kier molecular flexibility index (Phi) is 9.59. The molecular weight excluding hydrogens is 152 g/mol. The van der Waals surface area contributed by atoms with E-state index in [2.05, 4.69) is 6.58 Å². The molecule has 0 fully saturated rings. The van der Waals surface area contributed by atoms with Gasteiger partial charge in [0.2, 0.25) is 0 Å². The van der Waals surface area contributed by atoms with Crippen LogP contribution in [-0.4, -0.2) is 19.8 Å². The molecule has 0 spiro atoms. The lowest BCUT2D eigenvalue weighted by molar-refractivity contribution is 0.147. The predicted molar refractivity (Wildman–Crippen MR) is 51.0 cm³/mol. The Morgan fingerprint density at radius 3 is 2.67 bits per heavy atom. The highest BCUT2D eigenvalue weighted by molar-refractivity contribution is 4.65. The van der Waals surface area contributed by atoms with Crippen LogP contribution in [0.4, 0.5) is 0 Å². The van der Waals surface area contributed by atoms with Crippen LogP contribution < -0.4 is 0 Å². The van der Waals surface area contributed by atoms with Crippen molar-refractivity contribution in [2.45, 2.75) is 19.8 Å². The van der Waals surface area contributed by atoms with E-state index in [1.165, 1.54) is 0 Å². The molecule has 0 rings (SSSR count). The summed E-state index contributed by atoms with van der Waals surface area (Å²) in [6.45, 7) is 7.72. The van der Waals surface area contributed by atoms with Crippen LogP contribution in [0.25, 0.3) is 0 Å². The van der Waals surface area contributed by atoms with E-state index in [0.29, 0.717) is 6.61 Å². The van der Waals surface area contributed by atoms with Gasteiger partial charge in [-0.15, -0.1) is 6.58 Å². The van der Waals surface area contributed by atoms with Crippen molar-refractivity contribution >= 4 is 0 Å². The Labute approximate surface area is 74.9 Å². The van der Waals surface area contributed by atoms with Gasteiger partial charge in [-0.1, -0.05) is 12.2 Å². The van der Waals surface area contributed by atoms with Crippen LogP contribution >= 0.6 is 0 Å². The summed E-state index contributed by atoms with van der Waals surface area (Å²) < 4.78 is 10.3. The molecule has 0 atom stereocenters. The topological polar surface area (TPSA) is 18.5 Å². The van der Waals surface area contributed by atoms with Crippen molar-refractivity contribution in [3.63, 3.8) is 0 Å². The van der Waals surface area contributed by atoms with Gasteiger partial charge in [0, 0.05) is 6.61 Å². The van der Waals surface area contributed by atoms with Gasteiger partial charge in [-0.3, -0.25) is 0 Å². The molecule has 0 radical (unpaired) electrons. The predicted octanol–water partition coefficient (Wildman–Crippen LogP) is 2.52. The number of unbranched alkanes of at least 4 members (excludes halogenated alkanes) is 1. The van der Waals surface area contributed by atoms with Crippen molar-refractivity contribution in [2.75, 3.05) is 19.8 Å². The Bertz CT molecular complexity index is 119. The summed E-state index contributed by atoms with van der Waals surface area (Å²) in [6, 6.07) is 0. The van der Waals surface area contributed by atoms with Crippen LogP contribution in [-0.2, 0) is 9.47 Å². The van der Waals surface area contributed by atoms with Gasteiger partial charge in [0.05, 0.1) is 19.5 Å². The van der Waals surface area contributed by atoms with Crippen molar-refractivity contribution < 1.29 is 9.47 Å². The van der Waals surface area contributed by atoms with E-state index in [4.69, 9.17) is 9.47 Å². The fourth-order valence-electron chi connectivity index (χ4n) is 0.720. The lowest BCUT2D eigenvalue weighted by atomic mass is 10.3. The van der Waals surface area contributed by atoms with E-state index in [1.807, 2.05) is 13.0 Å². The first-order valence-electron chi connectivity index (χ1n) is 4.33. The third-order valence-corrected chi connectivity index (χ3v) is 1.27. The summed E-state index contributed by atoms with van der Waals surface area (Å²) in [7, 11) is 0. The molecule has 0 unspecified atom stereocenters. The molecule has 12 heavy (non-hydrogen) atoms. The molecule has 0 aliphatic heterocycles. The van der Waals surface area contributed by atoms with Gasteiger partial charge in [0.25, 0.3) is 0 Å². The maximum absolute atomic E-state index is 5.20. The minimum atomic E-state index is 0.649.